The molecule has 0 radical (unpaired) electrons. The van der Waals surface area contributed by atoms with Gasteiger partial charge in [0.1, 0.15) is 11.6 Å². The van der Waals surface area contributed by atoms with Crippen molar-refractivity contribution >= 4 is 21.6 Å². The highest BCUT2D eigenvalue weighted by molar-refractivity contribution is 9.10. The van der Waals surface area contributed by atoms with Gasteiger partial charge in [-0.05, 0) is 65.7 Å². The molecule has 0 aliphatic heterocycles. The van der Waals surface area contributed by atoms with Gasteiger partial charge in [-0.2, -0.15) is 0 Å². The van der Waals surface area contributed by atoms with Crippen molar-refractivity contribution in [1.82, 2.24) is 0 Å². The number of nitrogens with one attached hydrogen (secondary N) is 1. The molecule has 2 aromatic rings. The number of hydrogen-bond donors (Lipinski definition) is 2. The number of phenolic OH excluding ortho intramolecular Hbond substituents is 1. The predicted octanol–water partition coefficient (Wildman–Crippen LogP) is 4.78. The van der Waals surface area contributed by atoms with E-state index in [1.54, 1.807) is 0 Å². The van der Waals surface area contributed by atoms with Crippen LogP contribution in [0.4, 0.5) is 10.1 Å². The van der Waals surface area contributed by atoms with Gasteiger partial charge in [0.25, 0.3) is 0 Å². The first kappa shape index (κ1) is 13.9. The van der Waals surface area contributed by atoms with Crippen molar-refractivity contribution in [2.24, 2.45) is 0 Å². The largest absolute Gasteiger partial charge is 0.508 e. The fourth-order valence-corrected chi connectivity index (χ4v) is 2.53. The summed E-state index contributed by atoms with van der Waals surface area (Å²) in [6, 6.07) is 9.70. The Labute approximate surface area is 120 Å². The fourth-order valence-electron chi connectivity index (χ4n) is 1.92. The van der Waals surface area contributed by atoms with Crippen LogP contribution in [0.2, 0.25) is 0 Å². The van der Waals surface area contributed by atoms with Gasteiger partial charge in [0.2, 0.25) is 0 Å². The van der Waals surface area contributed by atoms with Crippen molar-refractivity contribution in [2.75, 3.05) is 5.32 Å². The third-order valence-corrected chi connectivity index (χ3v) is 3.61. The van der Waals surface area contributed by atoms with Crippen molar-refractivity contribution in [3.8, 4) is 5.75 Å². The molecule has 2 aromatic carbocycles. The Bertz CT molecular complexity index is 601. The zero-order chi connectivity index (χ0) is 14.0. The molecule has 0 heterocycles. The van der Waals surface area contributed by atoms with Gasteiger partial charge >= 0.3 is 0 Å². The molecule has 1 atom stereocenters. The van der Waals surface area contributed by atoms with Crippen LogP contribution in [0.1, 0.15) is 24.1 Å². The highest BCUT2D eigenvalue weighted by Gasteiger charge is 2.12. The zero-order valence-corrected chi connectivity index (χ0v) is 12.3. The quantitative estimate of drug-likeness (QED) is 0.852. The summed E-state index contributed by atoms with van der Waals surface area (Å²) in [7, 11) is 0. The second-order valence-corrected chi connectivity index (χ2v) is 5.41. The second-order valence-electron chi connectivity index (χ2n) is 4.55. The Morgan fingerprint density at radius 1 is 1.21 bits per heavy atom. The molecule has 2 N–H and O–H groups in total. The molecular formula is C15H15BrFNO. The van der Waals surface area contributed by atoms with Gasteiger partial charge < -0.3 is 10.4 Å². The molecule has 0 saturated carbocycles. The van der Waals surface area contributed by atoms with E-state index in [9.17, 15) is 9.50 Å². The topological polar surface area (TPSA) is 32.3 Å². The number of rotatable bonds is 3. The Hall–Kier alpha value is -1.55. The molecule has 4 heteroatoms. The molecule has 19 heavy (non-hydrogen) atoms. The van der Waals surface area contributed by atoms with Crippen LogP contribution in [0.15, 0.2) is 40.9 Å². The van der Waals surface area contributed by atoms with Crippen molar-refractivity contribution in [3.63, 3.8) is 0 Å². The van der Waals surface area contributed by atoms with Crippen molar-refractivity contribution < 1.29 is 9.50 Å². The lowest BCUT2D eigenvalue weighted by molar-refractivity contribution is 0.462. The Morgan fingerprint density at radius 3 is 2.63 bits per heavy atom. The molecule has 0 saturated heterocycles. The standard InChI is InChI=1S/C15H15BrFNO/c1-9-3-5-14(13(16)7-9)18-10(2)12-8-11(17)4-6-15(12)19/h3-8,10,18-19H,1-2H3. The summed E-state index contributed by atoms with van der Waals surface area (Å²) in [5.74, 6) is -0.269. The molecule has 2 nitrogen and oxygen atoms in total. The SMILES string of the molecule is Cc1ccc(NC(C)c2cc(F)ccc2O)c(Br)c1. The number of benzene rings is 2. The number of halogens is 2. The summed E-state index contributed by atoms with van der Waals surface area (Å²) in [5, 5.41) is 13.0. The van der Waals surface area contributed by atoms with Gasteiger partial charge in [0, 0.05) is 15.7 Å². The van der Waals surface area contributed by atoms with Crippen molar-refractivity contribution in [3.05, 3.63) is 57.8 Å². The normalized spacial score (nSPS) is 12.2. The summed E-state index contributed by atoms with van der Waals surface area (Å²) in [4.78, 5) is 0. The molecule has 0 spiro atoms. The van der Waals surface area contributed by atoms with Crippen LogP contribution in [-0.4, -0.2) is 5.11 Å². The van der Waals surface area contributed by atoms with E-state index in [1.165, 1.54) is 18.2 Å². The number of aromatic hydroxyl groups is 1. The summed E-state index contributed by atoms with van der Waals surface area (Å²) >= 11 is 3.48. The summed E-state index contributed by atoms with van der Waals surface area (Å²) in [5.41, 5.74) is 2.59. The van der Waals surface area contributed by atoms with Crippen LogP contribution >= 0.6 is 15.9 Å². The molecule has 2 rings (SSSR count). The molecule has 0 aliphatic carbocycles. The Kier molecular flexibility index (Phi) is 4.10. The van der Waals surface area contributed by atoms with Crippen LogP contribution in [0.25, 0.3) is 0 Å². The van der Waals surface area contributed by atoms with E-state index in [-0.39, 0.29) is 17.6 Å². The lowest BCUT2D eigenvalue weighted by atomic mass is 10.1. The van der Waals surface area contributed by atoms with Gasteiger partial charge in [-0.1, -0.05) is 6.07 Å². The Balaban J connectivity index is 2.25. The molecule has 1 unspecified atom stereocenters. The lowest BCUT2D eigenvalue weighted by Gasteiger charge is -2.18. The van der Waals surface area contributed by atoms with Gasteiger partial charge in [-0.25, -0.2) is 4.39 Å². The molecule has 0 aromatic heterocycles. The number of phenols is 1. The predicted molar refractivity (Wildman–Crippen MR) is 79.0 cm³/mol. The average Bonchev–Trinajstić information content (AvgIpc) is 2.35. The van der Waals surface area contributed by atoms with E-state index in [1.807, 2.05) is 32.0 Å². The molecular weight excluding hydrogens is 309 g/mol. The zero-order valence-electron chi connectivity index (χ0n) is 10.7. The Morgan fingerprint density at radius 2 is 1.95 bits per heavy atom. The van der Waals surface area contributed by atoms with Crippen molar-refractivity contribution in [1.29, 1.82) is 0 Å². The maximum atomic E-state index is 13.2. The monoisotopic (exact) mass is 323 g/mol. The first-order valence-corrected chi connectivity index (χ1v) is 6.78. The van der Waals surface area contributed by atoms with Gasteiger partial charge in [0.15, 0.2) is 0 Å². The third kappa shape index (κ3) is 3.26. The van der Waals surface area contributed by atoms with E-state index >= 15 is 0 Å². The van der Waals surface area contributed by atoms with E-state index in [0.717, 1.165) is 15.7 Å². The minimum Gasteiger partial charge on any atom is -0.508 e. The van der Waals surface area contributed by atoms with Gasteiger partial charge in [-0.15, -0.1) is 0 Å². The van der Waals surface area contributed by atoms with E-state index in [4.69, 9.17) is 0 Å². The maximum Gasteiger partial charge on any atom is 0.123 e. The van der Waals surface area contributed by atoms with Crippen molar-refractivity contribution in [2.45, 2.75) is 19.9 Å². The van der Waals surface area contributed by atoms with Gasteiger partial charge in [-0.3, -0.25) is 0 Å². The summed E-state index contributed by atoms with van der Waals surface area (Å²) in [6.07, 6.45) is 0. The number of anilines is 1. The number of hydrogen-bond acceptors (Lipinski definition) is 2. The molecule has 0 bridgehead atoms. The van der Waals surface area contributed by atoms with Crippen LogP contribution in [-0.2, 0) is 0 Å². The van der Waals surface area contributed by atoms with Crippen LogP contribution in [0, 0.1) is 12.7 Å². The molecule has 100 valence electrons. The highest BCUT2D eigenvalue weighted by Crippen LogP contribution is 2.31. The molecule has 0 fully saturated rings. The minimum atomic E-state index is -0.357. The van der Waals surface area contributed by atoms with E-state index < -0.39 is 0 Å². The molecule has 0 amide bonds. The summed E-state index contributed by atoms with van der Waals surface area (Å²) < 4.78 is 14.2. The lowest BCUT2D eigenvalue weighted by Crippen LogP contribution is -2.07. The van der Waals surface area contributed by atoms with Crippen LogP contribution in [0.3, 0.4) is 0 Å². The fraction of sp³-hybridized carbons (Fsp3) is 0.200. The van der Waals surface area contributed by atoms with E-state index in [0.29, 0.717) is 5.56 Å². The summed E-state index contributed by atoms with van der Waals surface area (Å²) in [6.45, 7) is 3.89. The average molecular weight is 324 g/mol. The smallest absolute Gasteiger partial charge is 0.123 e. The van der Waals surface area contributed by atoms with Crippen LogP contribution < -0.4 is 5.32 Å². The third-order valence-electron chi connectivity index (χ3n) is 2.95. The number of aryl methyl sites for hydroxylation is 1. The second kappa shape index (κ2) is 5.61. The van der Waals surface area contributed by atoms with E-state index in [2.05, 4.69) is 21.2 Å². The van der Waals surface area contributed by atoms with Gasteiger partial charge in [0.05, 0.1) is 6.04 Å². The highest BCUT2D eigenvalue weighted by atomic mass is 79.9. The molecule has 0 aliphatic rings. The minimum absolute atomic E-state index is 0.0876. The van der Waals surface area contributed by atoms with Crippen LogP contribution in [0.5, 0.6) is 5.75 Å². The first-order valence-electron chi connectivity index (χ1n) is 5.98. The first-order chi connectivity index (χ1) is 8.97. The maximum absolute atomic E-state index is 13.2.